The third-order valence-electron chi connectivity index (χ3n) is 5.83. The maximum absolute atomic E-state index is 12.5. The van der Waals surface area contributed by atoms with Gasteiger partial charge in [-0.1, -0.05) is 39.3 Å². The first-order valence-electron chi connectivity index (χ1n) is 9.14. The lowest BCUT2D eigenvalue weighted by Crippen LogP contribution is -2.39. The second-order valence-corrected chi connectivity index (χ2v) is 7.68. The van der Waals surface area contributed by atoms with Gasteiger partial charge in [0.2, 0.25) is 5.82 Å². The van der Waals surface area contributed by atoms with Crippen molar-refractivity contribution < 1.29 is 4.79 Å². The Balaban J connectivity index is 1.55. The zero-order chi connectivity index (χ0) is 17.9. The normalized spacial score (nSPS) is 21.1. The molecule has 1 aromatic carbocycles. The number of nitrogens with one attached hydrogen (secondary N) is 2. The fourth-order valence-corrected chi connectivity index (χ4v) is 3.63. The molecule has 0 radical (unpaired) electrons. The predicted molar refractivity (Wildman–Crippen MR) is 96.9 cm³/mol. The Morgan fingerprint density at radius 3 is 2.44 bits per heavy atom. The molecule has 1 saturated carbocycles. The van der Waals surface area contributed by atoms with Crippen LogP contribution >= 0.6 is 0 Å². The number of nitrogens with zero attached hydrogens (tertiary/aromatic N) is 3. The number of benzene rings is 1. The van der Waals surface area contributed by atoms with E-state index in [-0.39, 0.29) is 11.9 Å². The number of H-pyrrole nitrogens is 1. The van der Waals surface area contributed by atoms with Crippen molar-refractivity contribution in [1.82, 2.24) is 25.9 Å². The number of aromatic nitrogens is 4. The van der Waals surface area contributed by atoms with Gasteiger partial charge in [0.1, 0.15) is 0 Å². The molecule has 25 heavy (non-hydrogen) atoms. The predicted octanol–water partition coefficient (Wildman–Crippen LogP) is 3.59. The maximum atomic E-state index is 12.5. The molecule has 0 atom stereocenters. The van der Waals surface area contributed by atoms with Gasteiger partial charge < -0.3 is 5.32 Å². The third-order valence-corrected chi connectivity index (χ3v) is 5.83. The standard InChI is InChI=1S/C19H27N5O/c1-4-19(2,3)15-9-11-16(12-10-15)20-18(25)14-7-5-13(6-8-14)17-21-23-24-22-17/h5-8,15-16H,4,9-12H2,1-3H3,(H,20,25)(H,21,22,23,24). The van der Waals surface area contributed by atoms with Crippen LogP contribution in [0, 0.1) is 11.3 Å². The van der Waals surface area contributed by atoms with Gasteiger partial charge in [-0.05, 0) is 54.4 Å². The molecule has 1 fully saturated rings. The van der Waals surface area contributed by atoms with Crippen molar-refractivity contribution in [3.63, 3.8) is 0 Å². The summed E-state index contributed by atoms with van der Waals surface area (Å²) in [5.74, 6) is 1.29. The number of amides is 1. The molecule has 134 valence electrons. The molecule has 2 aromatic rings. The minimum Gasteiger partial charge on any atom is -0.349 e. The highest BCUT2D eigenvalue weighted by atomic mass is 16.1. The Labute approximate surface area is 148 Å². The molecular weight excluding hydrogens is 314 g/mol. The summed E-state index contributed by atoms with van der Waals surface area (Å²) in [6, 6.07) is 7.61. The van der Waals surface area contributed by atoms with Crippen molar-refractivity contribution in [2.75, 3.05) is 0 Å². The number of hydrogen-bond acceptors (Lipinski definition) is 4. The molecule has 0 bridgehead atoms. The van der Waals surface area contributed by atoms with E-state index in [9.17, 15) is 4.79 Å². The van der Waals surface area contributed by atoms with Gasteiger partial charge in [0, 0.05) is 17.2 Å². The van der Waals surface area contributed by atoms with Gasteiger partial charge in [-0.2, -0.15) is 5.21 Å². The smallest absolute Gasteiger partial charge is 0.251 e. The second-order valence-electron chi connectivity index (χ2n) is 7.68. The molecule has 6 nitrogen and oxygen atoms in total. The van der Waals surface area contributed by atoms with E-state index < -0.39 is 0 Å². The summed E-state index contributed by atoms with van der Waals surface area (Å²) in [5, 5.41) is 17.0. The molecule has 0 aliphatic heterocycles. The third kappa shape index (κ3) is 4.06. The van der Waals surface area contributed by atoms with Crippen LogP contribution in [0.25, 0.3) is 11.4 Å². The van der Waals surface area contributed by atoms with Crippen molar-refractivity contribution in [1.29, 1.82) is 0 Å². The Kier molecular flexibility index (Phi) is 5.16. The van der Waals surface area contributed by atoms with Crippen LogP contribution in [0.15, 0.2) is 24.3 Å². The second kappa shape index (κ2) is 7.33. The lowest BCUT2D eigenvalue weighted by molar-refractivity contribution is 0.0893. The van der Waals surface area contributed by atoms with Crippen LogP contribution in [0.5, 0.6) is 0 Å². The minimum atomic E-state index is -0.00198. The summed E-state index contributed by atoms with van der Waals surface area (Å²) in [7, 11) is 0. The summed E-state index contributed by atoms with van der Waals surface area (Å²) in [6.45, 7) is 7.00. The molecule has 2 N–H and O–H groups in total. The van der Waals surface area contributed by atoms with Crippen LogP contribution in [0.2, 0.25) is 0 Å². The summed E-state index contributed by atoms with van der Waals surface area (Å²) in [6.07, 6.45) is 5.74. The first-order chi connectivity index (χ1) is 12.0. The van der Waals surface area contributed by atoms with E-state index in [2.05, 4.69) is 46.7 Å². The van der Waals surface area contributed by atoms with Crippen molar-refractivity contribution in [2.45, 2.75) is 58.9 Å². The number of tetrazole rings is 1. The average Bonchev–Trinajstić information content (AvgIpc) is 3.17. The van der Waals surface area contributed by atoms with Crippen molar-refractivity contribution >= 4 is 5.91 Å². The van der Waals surface area contributed by atoms with Crippen LogP contribution in [-0.4, -0.2) is 32.6 Å². The van der Waals surface area contributed by atoms with Gasteiger partial charge in [-0.3, -0.25) is 4.79 Å². The SMILES string of the molecule is CCC(C)(C)C1CCC(NC(=O)c2ccc(-c3nn[nH]n3)cc2)CC1. The monoisotopic (exact) mass is 341 g/mol. The maximum Gasteiger partial charge on any atom is 0.251 e. The number of aromatic amines is 1. The van der Waals surface area contributed by atoms with Gasteiger partial charge >= 0.3 is 0 Å². The molecule has 0 spiro atoms. The van der Waals surface area contributed by atoms with Gasteiger partial charge in [-0.15, -0.1) is 10.2 Å². The molecule has 1 aliphatic rings. The fourth-order valence-electron chi connectivity index (χ4n) is 3.63. The van der Waals surface area contributed by atoms with Crippen molar-refractivity contribution in [2.24, 2.45) is 11.3 Å². The van der Waals surface area contributed by atoms with E-state index in [0.717, 1.165) is 24.3 Å². The van der Waals surface area contributed by atoms with Gasteiger partial charge in [0.15, 0.2) is 0 Å². The largest absolute Gasteiger partial charge is 0.349 e. The van der Waals surface area contributed by atoms with Crippen LogP contribution in [0.3, 0.4) is 0 Å². The number of hydrogen-bond donors (Lipinski definition) is 2. The van der Waals surface area contributed by atoms with Crippen LogP contribution < -0.4 is 5.32 Å². The summed E-state index contributed by atoms with van der Waals surface area (Å²) in [4.78, 5) is 12.5. The highest BCUT2D eigenvalue weighted by Crippen LogP contribution is 2.40. The van der Waals surface area contributed by atoms with Crippen LogP contribution in [-0.2, 0) is 0 Å². The van der Waals surface area contributed by atoms with Crippen LogP contribution in [0.4, 0.5) is 0 Å². The first kappa shape index (κ1) is 17.6. The van der Waals surface area contributed by atoms with E-state index in [0.29, 0.717) is 16.8 Å². The quantitative estimate of drug-likeness (QED) is 0.870. The summed E-state index contributed by atoms with van der Waals surface area (Å²) in [5.41, 5.74) is 1.91. The summed E-state index contributed by atoms with van der Waals surface area (Å²) < 4.78 is 0. The highest BCUT2D eigenvalue weighted by Gasteiger charge is 2.32. The van der Waals surface area contributed by atoms with Crippen molar-refractivity contribution in [3.8, 4) is 11.4 Å². The van der Waals surface area contributed by atoms with E-state index in [4.69, 9.17) is 0 Å². The molecule has 1 heterocycles. The molecule has 1 aliphatic carbocycles. The zero-order valence-electron chi connectivity index (χ0n) is 15.2. The molecule has 1 amide bonds. The molecule has 3 rings (SSSR count). The molecule has 6 heteroatoms. The molecule has 1 aromatic heterocycles. The average molecular weight is 341 g/mol. The zero-order valence-corrected chi connectivity index (χ0v) is 15.2. The number of carbonyl (C=O) groups excluding carboxylic acids is 1. The van der Waals surface area contributed by atoms with Gasteiger partial charge in [0.05, 0.1) is 0 Å². The van der Waals surface area contributed by atoms with E-state index in [1.165, 1.54) is 19.3 Å². The van der Waals surface area contributed by atoms with Crippen molar-refractivity contribution in [3.05, 3.63) is 29.8 Å². The van der Waals surface area contributed by atoms with Gasteiger partial charge in [0.25, 0.3) is 5.91 Å². The summed E-state index contributed by atoms with van der Waals surface area (Å²) >= 11 is 0. The highest BCUT2D eigenvalue weighted by molar-refractivity contribution is 5.94. The number of rotatable bonds is 5. The Morgan fingerprint density at radius 1 is 1.20 bits per heavy atom. The topological polar surface area (TPSA) is 83.6 Å². The fraction of sp³-hybridized carbons (Fsp3) is 0.579. The molecule has 0 saturated heterocycles. The van der Waals surface area contributed by atoms with Gasteiger partial charge in [-0.25, -0.2) is 0 Å². The lowest BCUT2D eigenvalue weighted by atomic mass is 9.69. The molecular formula is C19H27N5O. The Morgan fingerprint density at radius 2 is 1.88 bits per heavy atom. The first-order valence-corrected chi connectivity index (χ1v) is 9.14. The van der Waals surface area contributed by atoms with E-state index in [1.807, 2.05) is 24.3 Å². The number of carbonyl (C=O) groups is 1. The van der Waals surface area contributed by atoms with E-state index >= 15 is 0 Å². The Bertz CT molecular complexity index is 685. The minimum absolute atomic E-state index is 0.00198. The van der Waals surface area contributed by atoms with E-state index in [1.54, 1.807) is 0 Å². The molecule has 0 unspecified atom stereocenters. The lowest BCUT2D eigenvalue weighted by Gasteiger charge is -2.39. The Hall–Kier alpha value is -2.24. The van der Waals surface area contributed by atoms with Crippen LogP contribution in [0.1, 0.15) is 63.2 Å².